The summed E-state index contributed by atoms with van der Waals surface area (Å²) in [6, 6.07) is 24.2. The number of halogens is 2. The molecule has 0 aliphatic carbocycles. The second kappa shape index (κ2) is 13.3. The largest absolute Gasteiger partial charge is 0.354 e. The van der Waals surface area contributed by atoms with Crippen molar-refractivity contribution >= 4 is 35.0 Å². The Labute approximate surface area is 218 Å². The van der Waals surface area contributed by atoms with E-state index in [-0.39, 0.29) is 30.7 Å². The first-order chi connectivity index (χ1) is 16.8. The van der Waals surface area contributed by atoms with Crippen molar-refractivity contribution in [3.8, 4) is 0 Å². The summed E-state index contributed by atoms with van der Waals surface area (Å²) in [5, 5.41) is 3.97. The molecule has 3 aromatic carbocycles. The Bertz CT molecular complexity index is 1080. The van der Waals surface area contributed by atoms with Crippen molar-refractivity contribution in [1.82, 2.24) is 10.2 Å². The number of carbonyl (C=O) groups is 2. The maximum atomic E-state index is 13.7. The predicted molar refractivity (Wildman–Crippen MR) is 144 cm³/mol. The van der Waals surface area contributed by atoms with E-state index in [1.54, 1.807) is 23.1 Å². The van der Waals surface area contributed by atoms with E-state index >= 15 is 0 Å². The minimum atomic E-state index is -0.702. The molecule has 0 saturated carbocycles. The van der Waals surface area contributed by atoms with Crippen LogP contribution in [0.4, 0.5) is 0 Å². The van der Waals surface area contributed by atoms with Gasteiger partial charge in [0.2, 0.25) is 11.8 Å². The van der Waals surface area contributed by atoms with Gasteiger partial charge in [0.05, 0.1) is 0 Å². The molecule has 3 rings (SSSR count). The van der Waals surface area contributed by atoms with Gasteiger partial charge >= 0.3 is 0 Å². The lowest BCUT2D eigenvalue weighted by Crippen LogP contribution is -2.51. The van der Waals surface area contributed by atoms with Crippen LogP contribution in [0.5, 0.6) is 0 Å². The van der Waals surface area contributed by atoms with Crippen molar-refractivity contribution in [3.63, 3.8) is 0 Å². The van der Waals surface area contributed by atoms with Gasteiger partial charge in [0.25, 0.3) is 0 Å². The number of hydrogen-bond acceptors (Lipinski definition) is 2. The fourth-order valence-electron chi connectivity index (χ4n) is 3.87. The predicted octanol–water partition coefficient (Wildman–Crippen LogP) is 6.34. The third kappa shape index (κ3) is 8.12. The molecule has 1 unspecified atom stereocenters. The molecule has 0 aromatic heterocycles. The molecule has 2 amide bonds. The second-order valence-electron chi connectivity index (χ2n) is 9.05. The lowest BCUT2D eigenvalue weighted by Gasteiger charge is -2.32. The zero-order valence-electron chi connectivity index (χ0n) is 20.2. The van der Waals surface area contributed by atoms with Gasteiger partial charge < -0.3 is 10.2 Å². The van der Waals surface area contributed by atoms with Gasteiger partial charge in [-0.25, -0.2) is 0 Å². The van der Waals surface area contributed by atoms with Crippen LogP contribution in [0.2, 0.25) is 10.0 Å². The van der Waals surface area contributed by atoms with Gasteiger partial charge in [0.1, 0.15) is 6.04 Å². The Morgan fingerprint density at radius 2 is 1.40 bits per heavy atom. The molecular weight excluding hydrogens is 479 g/mol. The zero-order chi connectivity index (χ0) is 25.2. The number of nitrogens with one attached hydrogen (secondary N) is 1. The molecule has 3 aromatic rings. The van der Waals surface area contributed by atoms with Crippen LogP contribution in [0, 0.1) is 5.92 Å². The standard InChI is InChI=1S/C29H32Cl2N2O2/c1-21(2)19-32-29(35)27(18-23-12-7-4-8-13-23)33(20-24-25(30)14-9-15-26(24)31)28(34)17-16-22-10-5-3-6-11-22/h3-15,21,27H,16-20H2,1-2H3,(H,32,35). The van der Waals surface area contributed by atoms with Crippen molar-refractivity contribution < 1.29 is 9.59 Å². The molecule has 0 aliphatic heterocycles. The van der Waals surface area contributed by atoms with Crippen LogP contribution >= 0.6 is 23.2 Å². The van der Waals surface area contributed by atoms with Gasteiger partial charge in [-0.3, -0.25) is 9.59 Å². The van der Waals surface area contributed by atoms with E-state index in [9.17, 15) is 9.59 Å². The van der Waals surface area contributed by atoms with E-state index in [1.165, 1.54) is 0 Å². The third-order valence-electron chi connectivity index (χ3n) is 5.82. The molecule has 6 heteroatoms. The minimum Gasteiger partial charge on any atom is -0.354 e. The fourth-order valence-corrected chi connectivity index (χ4v) is 4.39. The van der Waals surface area contributed by atoms with Crippen molar-refractivity contribution in [3.05, 3.63) is 106 Å². The van der Waals surface area contributed by atoms with Gasteiger partial charge in [-0.2, -0.15) is 0 Å². The van der Waals surface area contributed by atoms with Gasteiger partial charge in [-0.05, 0) is 35.6 Å². The number of nitrogens with zero attached hydrogens (tertiary/aromatic N) is 1. The zero-order valence-corrected chi connectivity index (χ0v) is 21.7. The molecule has 35 heavy (non-hydrogen) atoms. The van der Waals surface area contributed by atoms with Gasteiger partial charge in [-0.1, -0.05) is 104 Å². The third-order valence-corrected chi connectivity index (χ3v) is 6.52. The first kappa shape index (κ1) is 26.8. The van der Waals surface area contributed by atoms with Crippen molar-refractivity contribution in [1.29, 1.82) is 0 Å². The van der Waals surface area contributed by atoms with Crippen molar-refractivity contribution in [2.75, 3.05) is 6.54 Å². The molecule has 0 spiro atoms. The lowest BCUT2D eigenvalue weighted by atomic mass is 10.0. The Balaban J connectivity index is 1.94. The summed E-state index contributed by atoms with van der Waals surface area (Å²) < 4.78 is 0. The molecule has 1 N–H and O–H groups in total. The average molecular weight is 511 g/mol. The van der Waals surface area contributed by atoms with Gasteiger partial charge in [-0.15, -0.1) is 0 Å². The Hall–Kier alpha value is -2.82. The summed E-state index contributed by atoms with van der Waals surface area (Å²) in [6.07, 6.45) is 1.25. The molecule has 0 heterocycles. The molecule has 1 atom stereocenters. The number of rotatable bonds is 11. The van der Waals surface area contributed by atoms with E-state index in [4.69, 9.17) is 23.2 Å². The van der Waals surface area contributed by atoms with E-state index in [1.807, 2.05) is 74.5 Å². The van der Waals surface area contributed by atoms with Crippen LogP contribution in [0.1, 0.15) is 37.0 Å². The van der Waals surface area contributed by atoms with Gasteiger partial charge in [0, 0.05) is 41.5 Å². The number of amides is 2. The molecule has 0 saturated heterocycles. The van der Waals surface area contributed by atoms with Crippen LogP contribution < -0.4 is 5.32 Å². The number of hydrogen-bond donors (Lipinski definition) is 1. The number of benzene rings is 3. The molecule has 0 bridgehead atoms. The summed E-state index contributed by atoms with van der Waals surface area (Å²) in [4.78, 5) is 28.8. The number of aryl methyl sites for hydroxylation is 1. The highest BCUT2D eigenvalue weighted by Gasteiger charge is 2.31. The second-order valence-corrected chi connectivity index (χ2v) is 9.87. The molecule has 0 aliphatic rings. The average Bonchev–Trinajstić information content (AvgIpc) is 2.86. The fraction of sp³-hybridized carbons (Fsp3) is 0.310. The topological polar surface area (TPSA) is 49.4 Å². The van der Waals surface area contributed by atoms with E-state index < -0.39 is 6.04 Å². The molecule has 0 radical (unpaired) electrons. The Morgan fingerprint density at radius 3 is 1.97 bits per heavy atom. The van der Waals surface area contributed by atoms with Crippen LogP contribution in [0.3, 0.4) is 0 Å². The normalized spacial score (nSPS) is 11.8. The van der Waals surface area contributed by atoms with Crippen LogP contribution in [-0.2, 0) is 29.0 Å². The minimum absolute atomic E-state index is 0.120. The number of carbonyl (C=O) groups excluding carboxylic acids is 2. The monoisotopic (exact) mass is 510 g/mol. The lowest BCUT2D eigenvalue weighted by molar-refractivity contribution is -0.141. The molecule has 184 valence electrons. The van der Waals surface area contributed by atoms with E-state index in [2.05, 4.69) is 5.32 Å². The first-order valence-electron chi connectivity index (χ1n) is 11.9. The van der Waals surface area contributed by atoms with Crippen LogP contribution in [0.25, 0.3) is 0 Å². The Morgan fingerprint density at radius 1 is 0.829 bits per heavy atom. The van der Waals surface area contributed by atoms with Gasteiger partial charge in [0.15, 0.2) is 0 Å². The molecule has 4 nitrogen and oxygen atoms in total. The quantitative estimate of drug-likeness (QED) is 0.327. The summed E-state index contributed by atoms with van der Waals surface area (Å²) in [5.74, 6) is -0.0131. The highest BCUT2D eigenvalue weighted by molar-refractivity contribution is 6.36. The van der Waals surface area contributed by atoms with Crippen LogP contribution in [-0.4, -0.2) is 29.3 Å². The highest BCUT2D eigenvalue weighted by atomic mass is 35.5. The molecular formula is C29H32Cl2N2O2. The van der Waals surface area contributed by atoms with Crippen LogP contribution in [0.15, 0.2) is 78.9 Å². The summed E-state index contributed by atoms with van der Waals surface area (Å²) in [5.41, 5.74) is 2.68. The summed E-state index contributed by atoms with van der Waals surface area (Å²) >= 11 is 13.0. The maximum absolute atomic E-state index is 13.7. The van der Waals surface area contributed by atoms with E-state index in [0.29, 0.717) is 35.0 Å². The maximum Gasteiger partial charge on any atom is 0.243 e. The summed E-state index contributed by atoms with van der Waals surface area (Å²) in [6.45, 7) is 4.76. The SMILES string of the molecule is CC(C)CNC(=O)C(Cc1ccccc1)N(Cc1c(Cl)cccc1Cl)C(=O)CCc1ccccc1. The summed E-state index contributed by atoms with van der Waals surface area (Å²) in [7, 11) is 0. The smallest absolute Gasteiger partial charge is 0.243 e. The molecule has 0 fully saturated rings. The highest BCUT2D eigenvalue weighted by Crippen LogP contribution is 2.27. The van der Waals surface area contributed by atoms with Crippen molar-refractivity contribution in [2.45, 2.75) is 45.7 Å². The van der Waals surface area contributed by atoms with Crippen molar-refractivity contribution in [2.24, 2.45) is 5.92 Å². The van der Waals surface area contributed by atoms with E-state index in [0.717, 1.165) is 11.1 Å². The first-order valence-corrected chi connectivity index (χ1v) is 12.7. The Kier molecular flexibility index (Phi) is 10.2.